The van der Waals surface area contributed by atoms with Gasteiger partial charge in [0.25, 0.3) is 0 Å². The molecule has 0 aromatic carbocycles. The number of hydrogen-bond donors (Lipinski definition) is 2. The topological polar surface area (TPSA) is 35.5 Å². The first-order chi connectivity index (χ1) is 8.31. The van der Waals surface area contributed by atoms with Crippen LogP contribution in [0.5, 0.6) is 0 Å². The van der Waals surface area contributed by atoms with Gasteiger partial charge in [0.1, 0.15) is 0 Å². The summed E-state index contributed by atoms with van der Waals surface area (Å²) in [6.07, 6.45) is 8.04. The molecule has 0 aromatic heterocycles. The third-order valence-corrected chi connectivity index (χ3v) is 4.15. The SMILES string of the molecule is CCCC1CCN(CC(CO)NC2CC2)CC1. The number of aliphatic hydroxyl groups is 1. The molecule has 2 aliphatic rings. The maximum absolute atomic E-state index is 9.38. The lowest BCUT2D eigenvalue weighted by atomic mass is 9.92. The minimum Gasteiger partial charge on any atom is -0.395 e. The van der Waals surface area contributed by atoms with Gasteiger partial charge in [-0.1, -0.05) is 19.8 Å². The zero-order valence-corrected chi connectivity index (χ0v) is 11.2. The van der Waals surface area contributed by atoms with Gasteiger partial charge in [-0.2, -0.15) is 0 Å². The van der Waals surface area contributed by atoms with E-state index in [0.29, 0.717) is 12.1 Å². The highest BCUT2D eigenvalue weighted by atomic mass is 16.3. The van der Waals surface area contributed by atoms with Crippen molar-refractivity contribution in [2.24, 2.45) is 5.92 Å². The number of piperidine rings is 1. The molecule has 0 bridgehead atoms. The smallest absolute Gasteiger partial charge is 0.0597 e. The fourth-order valence-corrected chi connectivity index (χ4v) is 2.92. The number of nitrogens with zero attached hydrogens (tertiary/aromatic N) is 1. The van der Waals surface area contributed by atoms with E-state index in [1.807, 2.05) is 0 Å². The summed E-state index contributed by atoms with van der Waals surface area (Å²) in [4.78, 5) is 2.53. The molecule has 0 aromatic rings. The van der Waals surface area contributed by atoms with Gasteiger partial charge in [0.15, 0.2) is 0 Å². The van der Waals surface area contributed by atoms with Crippen LogP contribution in [0.4, 0.5) is 0 Å². The Morgan fingerprint density at radius 1 is 1.24 bits per heavy atom. The molecule has 17 heavy (non-hydrogen) atoms. The van der Waals surface area contributed by atoms with Gasteiger partial charge in [0.2, 0.25) is 0 Å². The predicted molar refractivity (Wildman–Crippen MR) is 71.1 cm³/mol. The minimum atomic E-state index is 0.283. The van der Waals surface area contributed by atoms with Gasteiger partial charge >= 0.3 is 0 Å². The van der Waals surface area contributed by atoms with Crippen LogP contribution in [0.3, 0.4) is 0 Å². The Morgan fingerprint density at radius 2 is 1.94 bits per heavy atom. The molecule has 100 valence electrons. The van der Waals surface area contributed by atoms with Crippen LogP contribution in [0.25, 0.3) is 0 Å². The van der Waals surface area contributed by atoms with E-state index in [4.69, 9.17) is 0 Å². The second-order valence-electron chi connectivity index (χ2n) is 5.85. The lowest BCUT2D eigenvalue weighted by Gasteiger charge is -2.34. The summed E-state index contributed by atoms with van der Waals surface area (Å²) in [5, 5.41) is 12.9. The molecule has 1 saturated heterocycles. The number of nitrogens with one attached hydrogen (secondary N) is 1. The van der Waals surface area contributed by atoms with Crippen molar-refractivity contribution in [1.29, 1.82) is 0 Å². The summed E-state index contributed by atoms with van der Waals surface area (Å²) in [6.45, 7) is 6.06. The fourth-order valence-electron chi connectivity index (χ4n) is 2.92. The van der Waals surface area contributed by atoms with Crippen LogP contribution in [-0.4, -0.2) is 48.3 Å². The van der Waals surface area contributed by atoms with E-state index in [1.54, 1.807) is 0 Å². The van der Waals surface area contributed by atoms with E-state index >= 15 is 0 Å². The number of hydrogen-bond acceptors (Lipinski definition) is 3. The molecule has 1 atom stereocenters. The van der Waals surface area contributed by atoms with Crippen LogP contribution in [0.1, 0.15) is 45.4 Å². The quantitative estimate of drug-likeness (QED) is 0.710. The third kappa shape index (κ3) is 4.57. The van der Waals surface area contributed by atoms with Gasteiger partial charge < -0.3 is 15.3 Å². The summed E-state index contributed by atoms with van der Waals surface area (Å²) in [7, 11) is 0. The average molecular weight is 240 g/mol. The Hall–Kier alpha value is -0.120. The normalized spacial score (nSPS) is 25.1. The first-order valence-electron chi connectivity index (χ1n) is 7.41. The molecule has 0 spiro atoms. The van der Waals surface area contributed by atoms with Crippen molar-refractivity contribution in [3.05, 3.63) is 0 Å². The van der Waals surface area contributed by atoms with E-state index in [0.717, 1.165) is 12.5 Å². The lowest BCUT2D eigenvalue weighted by molar-refractivity contribution is 0.138. The zero-order valence-electron chi connectivity index (χ0n) is 11.2. The Bertz CT molecular complexity index is 210. The van der Waals surface area contributed by atoms with Crippen molar-refractivity contribution < 1.29 is 5.11 Å². The highest BCUT2D eigenvalue weighted by Crippen LogP contribution is 2.23. The Morgan fingerprint density at radius 3 is 2.47 bits per heavy atom. The predicted octanol–water partition coefficient (Wildman–Crippen LogP) is 1.61. The summed E-state index contributed by atoms with van der Waals surface area (Å²) in [5.74, 6) is 0.959. The fraction of sp³-hybridized carbons (Fsp3) is 1.00. The van der Waals surface area contributed by atoms with Crippen molar-refractivity contribution in [2.45, 2.75) is 57.5 Å². The standard InChI is InChI=1S/C14H28N2O/c1-2-3-12-6-8-16(9-7-12)10-14(11-17)15-13-4-5-13/h12-15,17H,2-11H2,1H3. The van der Waals surface area contributed by atoms with Gasteiger partial charge in [-0.25, -0.2) is 0 Å². The molecule has 2 rings (SSSR count). The van der Waals surface area contributed by atoms with E-state index < -0.39 is 0 Å². The Kier molecular flexibility index (Phi) is 5.26. The van der Waals surface area contributed by atoms with Crippen LogP contribution in [0, 0.1) is 5.92 Å². The lowest BCUT2D eigenvalue weighted by Crippen LogP contribution is -2.46. The summed E-state index contributed by atoms with van der Waals surface area (Å²) >= 11 is 0. The first-order valence-corrected chi connectivity index (χ1v) is 7.41. The van der Waals surface area contributed by atoms with Gasteiger partial charge in [-0.3, -0.25) is 0 Å². The maximum atomic E-state index is 9.38. The monoisotopic (exact) mass is 240 g/mol. The molecule has 0 amide bonds. The summed E-state index contributed by atoms with van der Waals surface area (Å²) in [5.41, 5.74) is 0. The molecule has 1 saturated carbocycles. The van der Waals surface area contributed by atoms with Crippen molar-refractivity contribution >= 4 is 0 Å². The highest BCUT2D eigenvalue weighted by molar-refractivity contribution is 4.86. The van der Waals surface area contributed by atoms with Crippen LogP contribution in [-0.2, 0) is 0 Å². The molecule has 2 fully saturated rings. The van der Waals surface area contributed by atoms with Gasteiger partial charge in [-0.05, 0) is 44.7 Å². The molecule has 1 aliphatic heterocycles. The number of aliphatic hydroxyl groups excluding tert-OH is 1. The van der Waals surface area contributed by atoms with E-state index in [2.05, 4.69) is 17.1 Å². The Balaban J connectivity index is 1.65. The first kappa shape index (κ1) is 13.3. The molecular formula is C14H28N2O. The van der Waals surface area contributed by atoms with E-state index in [9.17, 15) is 5.11 Å². The van der Waals surface area contributed by atoms with Gasteiger partial charge in [0.05, 0.1) is 6.61 Å². The molecular weight excluding hydrogens is 212 g/mol. The Labute approximate surface area is 106 Å². The maximum Gasteiger partial charge on any atom is 0.0597 e. The van der Waals surface area contributed by atoms with Crippen LogP contribution in [0.2, 0.25) is 0 Å². The molecule has 3 heteroatoms. The van der Waals surface area contributed by atoms with Crippen LogP contribution in [0.15, 0.2) is 0 Å². The summed E-state index contributed by atoms with van der Waals surface area (Å²) in [6, 6.07) is 0.995. The molecule has 2 N–H and O–H groups in total. The number of rotatable bonds is 7. The molecule has 1 heterocycles. The van der Waals surface area contributed by atoms with E-state index in [-0.39, 0.29) is 6.61 Å². The van der Waals surface area contributed by atoms with Crippen LogP contribution < -0.4 is 5.32 Å². The highest BCUT2D eigenvalue weighted by Gasteiger charge is 2.26. The number of likely N-dealkylation sites (tertiary alicyclic amines) is 1. The van der Waals surface area contributed by atoms with Crippen molar-refractivity contribution in [3.8, 4) is 0 Å². The molecule has 1 aliphatic carbocycles. The minimum absolute atomic E-state index is 0.283. The molecule has 3 nitrogen and oxygen atoms in total. The van der Waals surface area contributed by atoms with Crippen molar-refractivity contribution in [2.75, 3.05) is 26.2 Å². The summed E-state index contributed by atoms with van der Waals surface area (Å²) < 4.78 is 0. The van der Waals surface area contributed by atoms with E-state index in [1.165, 1.54) is 51.6 Å². The average Bonchev–Trinajstić information content (AvgIpc) is 3.15. The molecule has 0 radical (unpaired) electrons. The second-order valence-corrected chi connectivity index (χ2v) is 5.85. The van der Waals surface area contributed by atoms with Crippen LogP contribution >= 0.6 is 0 Å². The van der Waals surface area contributed by atoms with Gasteiger partial charge in [0, 0.05) is 18.6 Å². The largest absolute Gasteiger partial charge is 0.395 e. The zero-order chi connectivity index (χ0) is 12.1. The molecule has 1 unspecified atom stereocenters. The van der Waals surface area contributed by atoms with Crippen molar-refractivity contribution in [1.82, 2.24) is 10.2 Å². The third-order valence-electron chi connectivity index (χ3n) is 4.15. The van der Waals surface area contributed by atoms with Gasteiger partial charge in [-0.15, -0.1) is 0 Å². The van der Waals surface area contributed by atoms with Crippen molar-refractivity contribution in [3.63, 3.8) is 0 Å². The second kappa shape index (κ2) is 6.72.